The number of nitrogens with two attached hydrogens (primary N) is 1. The minimum Gasteiger partial charge on any atom is -0.493 e. The molecule has 1 atom stereocenters. The zero-order chi connectivity index (χ0) is 15.8. The van der Waals surface area contributed by atoms with Gasteiger partial charge in [0.05, 0.1) is 26.4 Å². The number of rotatable bonds is 8. The van der Waals surface area contributed by atoms with Gasteiger partial charge in [0.2, 0.25) is 0 Å². The first kappa shape index (κ1) is 17.1. The molecule has 0 aliphatic carbocycles. The summed E-state index contributed by atoms with van der Waals surface area (Å²) in [5.74, 6) is 1.32. The highest BCUT2D eigenvalue weighted by molar-refractivity contribution is 5.48. The number of ether oxygens (including phenoxy) is 2. The van der Waals surface area contributed by atoms with Gasteiger partial charge in [-0.15, -0.1) is 0 Å². The monoisotopic (exact) mass is 308 g/mol. The van der Waals surface area contributed by atoms with Crippen LogP contribution in [-0.2, 0) is 0 Å². The average molecular weight is 308 g/mol. The second-order valence-corrected chi connectivity index (χ2v) is 5.77. The number of para-hydroxylation sites is 1. The highest BCUT2D eigenvalue weighted by Gasteiger charge is 2.16. The lowest BCUT2D eigenvalue weighted by Crippen LogP contribution is -2.31. The first-order chi connectivity index (χ1) is 10.8. The fraction of sp³-hybridized carbons (Fsp3) is 0.647. The second-order valence-electron chi connectivity index (χ2n) is 5.77. The Hall–Kier alpha value is -1.30. The molecule has 1 aliphatic heterocycles. The highest BCUT2D eigenvalue weighted by Crippen LogP contribution is 2.34. The summed E-state index contributed by atoms with van der Waals surface area (Å²) < 4.78 is 11.3. The van der Waals surface area contributed by atoms with E-state index in [0.717, 1.165) is 18.5 Å². The van der Waals surface area contributed by atoms with Crippen LogP contribution in [-0.4, -0.2) is 50.0 Å². The van der Waals surface area contributed by atoms with Gasteiger partial charge in [-0.2, -0.15) is 0 Å². The van der Waals surface area contributed by atoms with Gasteiger partial charge in [-0.05, 0) is 38.4 Å². The normalized spacial score (nSPS) is 17.2. The summed E-state index contributed by atoms with van der Waals surface area (Å²) in [7, 11) is 1.62. The van der Waals surface area contributed by atoms with Crippen molar-refractivity contribution in [3.05, 3.63) is 23.8 Å². The molecule has 1 heterocycles. The van der Waals surface area contributed by atoms with E-state index in [4.69, 9.17) is 15.2 Å². The first-order valence-electron chi connectivity index (χ1n) is 8.14. The topological polar surface area (TPSA) is 68.0 Å². The van der Waals surface area contributed by atoms with Crippen LogP contribution < -0.4 is 15.2 Å². The molecule has 1 aromatic carbocycles. The van der Waals surface area contributed by atoms with Crippen molar-refractivity contribution in [3.8, 4) is 11.5 Å². The van der Waals surface area contributed by atoms with Crippen LogP contribution in [0.25, 0.3) is 0 Å². The van der Waals surface area contributed by atoms with E-state index >= 15 is 0 Å². The zero-order valence-electron chi connectivity index (χ0n) is 13.5. The molecule has 0 bridgehead atoms. The van der Waals surface area contributed by atoms with E-state index in [9.17, 15) is 5.11 Å². The van der Waals surface area contributed by atoms with Crippen molar-refractivity contribution in [2.75, 3.05) is 40.0 Å². The summed E-state index contributed by atoms with van der Waals surface area (Å²) in [5, 5.41) is 9.29. The number of benzene rings is 1. The molecule has 5 nitrogen and oxygen atoms in total. The molecule has 0 amide bonds. The number of methoxy groups -OCH3 is 1. The smallest absolute Gasteiger partial charge is 0.165 e. The Balaban J connectivity index is 1.90. The molecule has 22 heavy (non-hydrogen) atoms. The third-order valence-corrected chi connectivity index (χ3v) is 4.14. The Morgan fingerprint density at radius 3 is 2.73 bits per heavy atom. The van der Waals surface area contributed by atoms with Crippen molar-refractivity contribution >= 4 is 0 Å². The number of piperidine rings is 1. The molecular formula is C17H28N2O3. The Bertz CT molecular complexity index is 448. The quantitative estimate of drug-likeness (QED) is 0.718. The third kappa shape index (κ3) is 4.60. The molecule has 1 fully saturated rings. The molecule has 3 N–H and O–H groups in total. The molecule has 0 spiro atoms. The summed E-state index contributed by atoms with van der Waals surface area (Å²) in [6.45, 7) is 3.99. The summed E-state index contributed by atoms with van der Waals surface area (Å²) in [6.07, 6.45) is 4.95. The van der Waals surface area contributed by atoms with Crippen molar-refractivity contribution in [1.82, 2.24) is 4.90 Å². The van der Waals surface area contributed by atoms with Gasteiger partial charge in [-0.1, -0.05) is 18.6 Å². The van der Waals surface area contributed by atoms with Gasteiger partial charge in [0.15, 0.2) is 11.5 Å². The molecule has 0 aromatic heterocycles. The molecule has 1 saturated heterocycles. The Morgan fingerprint density at radius 2 is 2.05 bits per heavy atom. The minimum absolute atomic E-state index is 0.114. The summed E-state index contributed by atoms with van der Waals surface area (Å²) >= 11 is 0. The Morgan fingerprint density at radius 1 is 1.27 bits per heavy atom. The maximum Gasteiger partial charge on any atom is 0.165 e. The predicted octanol–water partition coefficient (Wildman–Crippen LogP) is 1.94. The van der Waals surface area contributed by atoms with Gasteiger partial charge in [0.1, 0.15) is 0 Å². The van der Waals surface area contributed by atoms with Crippen molar-refractivity contribution in [2.45, 2.75) is 31.7 Å². The maximum atomic E-state index is 9.29. The van der Waals surface area contributed by atoms with Crippen LogP contribution in [0.15, 0.2) is 18.2 Å². The number of hydrogen-bond donors (Lipinski definition) is 2. The predicted molar refractivity (Wildman–Crippen MR) is 87.4 cm³/mol. The van der Waals surface area contributed by atoms with Crippen molar-refractivity contribution in [2.24, 2.45) is 5.73 Å². The minimum atomic E-state index is -0.452. The Labute approximate surface area is 133 Å². The van der Waals surface area contributed by atoms with Crippen LogP contribution in [0, 0.1) is 0 Å². The molecule has 1 aromatic rings. The van der Waals surface area contributed by atoms with Crippen molar-refractivity contribution in [3.63, 3.8) is 0 Å². The van der Waals surface area contributed by atoms with Gasteiger partial charge in [-0.3, -0.25) is 0 Å². The van der Waals surface area contributed by atoms with E-state index in [0.29, 0.717) is 18.1 Å². The SMILES string of the molecule is COc1cccc([C@@H](N)CO)c1OCCCN1CCCCC1. The van der Waals surface area contributed by atoms with Crippen LogP contribution in [0.1, 0.15) is 37.3 Å². The molecule has 1 aliphatic rings. The second kappa shape index (κ2) is 8.98. The number of hydrogen-bond acceptors (Lipinski definition) is 5. The van der Waals surface area contributed by atoms with Gasteiger partial charge in [0, 0.05) is 12.1 Å². The lowest BCUT2D eigenvalue weighted by Gasteiger charge is -2.26. The summed E-state index contributed by atoms with van der Waals surface area (Å²) in [4.78, 5) is 2.50. The number of aliphatic hydroxyl groups is 1. The van der Waals surface area contributed by atoms with E-state index in [1.165, 1.54) is 32.4 Å². The summed E-state index contributed by atoms with van der Waals surface area (Å²) in [6, 6.07) is 5.15. The third-order valence-electron chi connectivity index (χ3n) is 4.14. The molecule has 0 saturated carbocycles. The van der Waals surface area contributed by atoms with Crippen LogP contribution >= 0.6 is 0 Å². The van der Waals surface area contributed by atoms with Gasteiger partial charge in [0.25, 0.3) is 0 Å². The molecule has 5 heteroatoms. The van der Waals surface area contributed by atoms with E-state index in [2.05, 4.69) is 4.90 Å². The lowest BCUT2D eigenvalue weighted by atomic mass is 10.1. The van der Waals surface area contributed by atoms with Gasteiger partial charge < -0.3 is 25.2 Å². The fourth-order valence-corrected chi connectivity index (χ4v) is 2.88. The van der Waals surface area contributed by atoms with E-state index in [-0.39, 0.29) is 6.61 Å². The highest BCUT2D eigenvalue weighted by atomic mass is 16.5. The van der Waals surface area contributed by atoms with Crippen LogP contribution in [0.3, 0.4) is 0 Å². The van der Waals surface area contributed by atoms with Crippen LogP contribution in [0.4, 0.5) is 0 Å². The first-order valence-corrected chi connectivity index (χ1v) is 8.14. The average Bonchev–Trinajstić information content (AvgIpc) is 2.58. The zero-order valence-corrected chi connectivity index (χ0v) is 13.5. The standard InChI is InChI=1S/C17H28N2O3/c1-21-16-8-5-7-14(15(18)13-20)17(16)22-12-6-11-19-9-3-2-4-10-19/h5,7-8,15,20H,2-4,6,9-13,18H2,1H3/t15-/m0/s1. The number of nitrogens with zero attached hydrogens (tertiary/aromatic N) is 1. The van der Waals surface area contributed by atoms with Crippen molar-refractivity contribution < 1.29 is 14.6 Å². The largest absolute Gasteiger partial charge is 0.493 e. The van der Waals surface area contributed by atoms with E-state index in [1.54, 1.807) is 7.11 Å². The Kier molecular flexibility index (Phi) is 6.96. The molecule has 0 unspecified atom stereocenters. The van der Waals surface area contributed by atoms with Crippen LogP contribution in [0.5, 0.6) is 11.5 Å². The van der Waals surface area contributed by atoms with Gasteiger partial charge in [-0.25, -0.2) is 0 Å². The fourth-order valence-electron chi connectivity index (χ4n) is 2.88. The molecular weight excluding hydrogens is 280 g/mol. The van der Waals surface area contributed by atoms with E-state index < -0.39 is 6.04 Å². The lowest BCUT2D eigenvalue weighted by molar-refractivity contribution is 0.201. The molecule has 124 valence electrons. The summed E-state index contributed by atoms with van der Waals surface area (Å²) in [5.41, 5.74) is 6.74. The maximum absolute atomic E-state index is 9.29. The van der Waals surface area contributed by atoms with Crippen LogP contribution in [0.2, 0.25) is 0 Å². The van der Waals surface area contributed by atoms with Gasteiger partial charge >= 0.3 is 0 Å². The van der Waals surface area contributed by atoms with Crippen molar-refractivity contribution in [1.29, 1.82) is 0 Å². The number of likely N-dealkylation sites (tertiary alicyclic amines) is 1. The molecule has 0 radical (unpaired) electrons. The molecule has 2 rings (SSSR count). The number of aliphatic hydroxyl groups excluding tert-OH is 1. The van der Waals surface area contributed by atoms with E-state index in [1.807, 2.05) is 18.2 Å².